The number of aromatic amines is 1. The molecule has 1 heterocycles. The molecule has 0 unspecified atom stereocenters. The maximum absolute atomic E-state index is 12.4. The third kappa shape index (κ3) is 3.41. The van der Waals surface area contributed by atoms with E-state index in [4.69, 9.17) is 0 Å². The smallest absolute Gasteiger partial charge is 0.331 e. The first-order valence-electron chi connectivity index (χ1n) is 9.30. The van der Waals surface area contributed by atoms with Crippen molar-refractivity contribution in [2.45, 2.75) is 32.7 Å². The van der Waals surface area contributed by atoms with Crippen molar-refractivity contribution in [1.29, 1.82) is 0 Å². The minimum Gasteiger partial charge on any atom is -0.494 e. The van der Waals surface area contributed by atoms with E-state index in [-0.39, 0.29) is 18.0 Å². The molecule has 2 N–H and O–H groups in total. The van der Waals surface area contributed by atoms with E-state index in [1.54, 1.807) is 6.92 Å². The third-order valence-corrected chi connectivity index (χ3v) is 5.10. The number of aryl methyl sites for hydroxylation is 2. The van der Waals surface area contributed by atoms with Gasteiger partial charge in [-0.25, -0.2) is 4.79 Å². The van der Waals surface area contributed by atoms with Gasteiger partial charge in [0.2, 0.25) is 5.88 Å². The van der Waals surface area contributed by atoms with Gasteiger partial charge in [0.1, 0.15) is 5.56 Å². The molecule has 1 aliphatic rings. The van der Waals surface area contributed by atoms with Gasteiger partial charge in [-0.3, -0.25) is 19.3 Å². The molecule has 0 spiro atoms. The van der Waals surface area contributed by atoms with E-state index in [2.05, 4.69) is 16.0 Å². The molecule has 0 fully saturated rings. The number of nitrogens with zero attached hydrogens (tertiary/aromatic N) is 2. The molecule has 0 bridgehead atoms. The Morgan fingerprint density at radius 3 is 2.64 bits per heavy atom. The molecule has 0 saturated heterocycles. The van der Waals surface area contributed by atoms with Crippen molar-refractivity contribution in [1.82, 2.24) is 9.55 Å². The van der Waals surface area contributed by atoms with Gasteiger partial charge in [0.05, 0.1) is 17.9 Å². The Bertz CT molecular complexity index is 1170. The quantitative estimate of drug-likeness (QED) is 0.688. The standard InChI is InChI=1S/C22H21N3O3/c1-14(23-18-11-10-16-8-5-9-17(16)12-18)19-20(26)24-22(28)25(21(19)27)13-15-6-3-2-4-7-15/h2-4,6-7,10-12,27H,5,8-9,13H2,1H3,(H,24,26,28). The molecule has 0 aliphatic heterocycles. The highest BCUT2D eigenvalue weighted by Crippen LogP contribution is 2.27. The van der Waals surface area contributed by atoms with Gasteiger partial charge in [0, 0.05) is 0 Å². The molecular formula is C22H21N3O3. The molecule has 0 atom stereocenters. The van der Waals surface area contributed by atoms with Gasteiger partial charge in [0.15, 0.2) is 0 Å². The van der Waals surface area contributed by atoms with Gasteiger partial charge in [0.25, 0.3) is 5.56 Å². The molecule has 1 aliphatic carbocycles. The first-order chi connectivity index (χ1) is 13.5. The highest BCUT2D eigenvalue weighted by Gasteiger charge is 2.17. The van der Waals surface area contributed by atoms with Crippen LogP contribution in [0.3, 0.4) is 0 Å². The summed E-state index contributed by atoms with van der Waals surface area (Å²) < 4.78 is 1.15. The summed E-state index contributed by atoms with van der Waals surface area (Å²) in [4.78, 5) is 31.4. The SMILES string of the molecule is CC(=Nc1ccc2c(c1)CCC2)c1c(O)n(Cc2ccccc2)c(=O)[nH]c1=O. The van der Waals surface area contributed by atoms with Crippen LogP contribution < -0.4 is 11.2 Å². The van der Waals surface area contributed by atoms with E-state index in [0.717, 1.165) is 35.1 Å². The van der Waals surface area contributed by atoms with E-state index < -0.39 is 11.2 Å². The zero-order valence-electron chi connectivity index (χ0n) is 15.6. The summed E-state index contributed by atoms with van der Waals surface area (Å²) >= 11 is 0. The second-order valence-electron chi connectivity index (χ2n) is 7.03. The lowest BCUT2D eigenvalue weighted by Crippen LogP contribution is -2.33. The van der Waals surface area contributed by atoms with Gasteiger partial charge in [-0.05, 0) is 55.0 Å². The summed E-state index contributed by atoms with van der Waals surface area (Å²) in [6.45, 7) is 1.82. The fraction of sp³-hybridized carbons (Fsp3) is 0.227. The van der Waals surface area contributed by atoms with E-state index in [0.29, 0.717) is 5.71 Å². The maximum Gasteiger partial charge on any atom is 0.331 e. The fourth-order valence-corrected chi connectivity index (χ4v) is 3.68. The van der Waals surface area contributed by atoms with Crippen molar-refractivity contribution in [2.75, 3.05) is 0 Å². The van der Waals surface area contributed by atoms with Crippen LogP contribution in [0.5, 0.6) is 5.88 Å². The van der Waals surface area contributed by atoms with Gasteiger partial charge >= 0.3 is 5.69 Å². The molecule has 6 nitrogen and oxygen atoms in total. The van der Waals surface area contributed by atoms with E-state index in [9.17, 15) is 14.7 Å². The van der Waals surface area contributed by atoms with Gasteiger partial charge in [-0.15, -0.1) is 0 Å². The lowest BCUT2D eigenvalue weighted by atomic mass is 10.1. The monoisotopic (exact) mass is 375 g/mol. The lowest BCUT2D eigenvalue weighted by molar-refractivity contribution is 0.408. The number of fused-ring (bicyclic) bond motifs is 1. The van der Waals surface area contributed by atoms with Crippen LogP contribution in [-0.2, 0) is 19.4 Å². The Hall–Kier alpha value is -3.41. The minimum absolute atomic E-state index is 0.0102. The van der Waals surface area contributed by atoms with Crippen molar-refractivity contribution in [2.24, 2.45) is 4.99 Å². The van der Waals surface area contributed by atoms with Crippen LogP contribution in [0, 0.1) is 0 Å². The third-order valence-electron chi connectivity index (χ3n) is 5.10. The van der Waals surface area contributed by atoms with Gasteiger partial charge in [-0.1, -0.05) is 36.4 Å². The Morgan fingerprint density at radius 1 is 1.11 bits per heavy atom. The molecule has 4 rings (SSSR count). The number of hydrogen-bond donors (Lipinski definition) is 2. The molecule has 0 amide bonds. The summed E-state index contributed by atoms with van der Waals surface area (Å²) in [6, 6.07) is 15.3. The number of H-pyrrole nitrogens is 1. The largest absolute Gasteiger partial charge is 0.494 e. The van der Waals surface area contributed by atoms with Crippen LogP contribution in [0.25, 0.3) is 0 Å². The van der Waals surface area contributed by atoms with Gasteiger partial charge < -0.3 is 5.11 Å². The van der Waals surface area contributed by atoms with E-state index in [1.165, 1.54) is 11.1 Å². The summed E-state index contributed by atoms with van der Waals surface area (Å²) in [5, 5.41) is 10.7. The molecule has 142 valence electrons. The Balaban J connectivity index is 1.75. The lowest BCUT2D eigenvalue weighted by Gasteiger charge is -2.11. The highest BCUT2D eigenvalue weighted by molar-refractivity contribution is 6.01. The van der Waals surface area contributed by atoms with Crippen molar-refractivity contribution in [3.05, 3.63) is 91.6 Å². The fourth-order valence-electron chi connectivity index (χ4n) is 3.68. The predicted octanol–water partition coefficient (Wildman–Crippen LogP) is 2.92. The molecule has 1 aromatic heterocycles. The van der Waals surface area contributed by atoms with E-state index in [1.807, 2.05) is 42.5 Å². The van der Waals surface area contributed by atoms with Crippen LogP contribution >= 0.6 is 0 Å². The molecule has 2 aromatic carbocycles. The van der Waals surface area contributed by atoms with Crippen LogP contribution in [0.1, 0.15) is 35.6 Å². The normalized spacial score (nSPS) is 13.5. The first kappa shape index (κ1) is 18.0. The number of hydrogen-bond acceptors (Lipinski definition) is 4. The predicted molar refractivity (Wildman–Crippen MR) is 109 cm³/mol. The molecule has 0 radical (unpaired) electrons. The number of aromatic hydroxyl groups is 1. The molecular weight excluding hydrogens is 354 g/mol. The highest BCUT2D eigenvalue weighted by atomic mass is 16.3. The summed E-state index contributed by atoms with van der Waals surface area (Å²) in [5.74, 6) is -0.375. The summed E-state index contributed by atoms with van der Waals surface area (Å²) in [6.07, 6.45) is 3.27. The van der Waals surface area contributed by atoms with Crippen molar-refractivity contribution in [3.8, 4) is 5.88 Å². The van der Waals surface area contributed by atoms with Crippen LogP contribution in [0.15, 0.2) is 63.1 Å². The molecule has 28 heavy (non-hydrogen) atoms. The van der Waals surface area contributed by atoms with Crippen molar-refractivity contribution in [3.63, 3.8) is 0 Å². The first-order valence-corrected chi connectivity index (χ1v) is 9.30. The van der Waals surface area contributed by atoms with Gasteiger partial charge in [-0.2, -0.15) is 0 Å². The second kappa shape index (κ2) is 7.31. The number of nitrogens with one attached hydrogen (secondary N) is 1. The summed E-state index contributed by atoms with van der Waals surface area (Å²) in [5.41, 5.74) is 3.27. The van der Waals surface area contributed by atoms with Crippen molar-refractivity contribution < 1.29 is 5.11 Å². The van der Waals surface area contributed by atoms with E-state index >= 15 is 0 Å². The van der Waals surface area contributed by atoms with Crippen LogP contribution in [0.2, 0.25) is 0 Å². The zero-order valence-corrected chi connectivity index (χ0v) is 15.6. The number of benzene rings is 2. The summed E-state index contributed by atoms with van der Waals surface area (Å²) in [7, 11) is 0. The molecule has 3 aromatic rings. The van der Waals surface area contributed by atoms with Crippen LogP contribution in [0.4, 0.5) is 5.69 Å². The number of aliphatic imine (C=N–C) groups is 1. The Morgan fingerprint density at radius 2 is 1.86 bits per heavy atom. The average molecular weight is 375 g/mol. The maximum atomic E-state index is 12.4. The average Bonchev–Trinajstić information content (AvgIpc) is 3.13. The zero-order chi connectivity index (χ0) is 19.7. The number of rotatable bonds is 4. The van der Waals surface area contributed by atoms with Crippen LogP contribution in [-0.4, -0.2) is 20.4 Å². The Kier molecular flexibility index (Phi) is 4.69. The molecule has 0 saturated carbocycles. The minimum atomic E-state index is -0.652. The Labute approximate surface area is 161 Å². The molecule has 6 heteroatoms. The van der Waals surface area contributed by atoms with Crippen molar-refractivity contribution >= 4 is 11.4 Å². The topological polar surface area (TPSA) is 87.4 Å². The second-order valence-corrected chi connectivity index (χ2v) is 7.03. The number of aromatic nitrogens is 2.